The van der Waals surface area contributed by atoms with Crippen LogP contribution in [0.1, 0.15) is 55.0 Å². The van der Waals surface area contributed by atoms with Gasteiger partial charge < -0.3 is 10.1 Å². The number of halogens is 6. The van der Waals surface area contributed by atoms with E-state index < -0.39 is 40.7 Å². The molecule has 4 rings (SSSR count). The molecule has 2 heterocycles. The van der Waals surface area contributed by atoms with Gasteiger partial charge in [-0.2, -0.15) is 26.3 Å². The molecule has 0 saturated carbocycles. The molecule has 2 bridgehead atoms. The van der Waals surface area contributed by atoms with Crippen molar-refractivity contribution in [1.82, 2.24) is 10.2 Å². The summed E-state index contributed by atoms with van der Waals surface area (Å²) in [6.45, 7) is 4.05. The van der Waals surface area contributed by atoms with Gasteiger partial charge >= 0.3 is 12.4 Å². The molecule has 0 aliphatic carbocycles. The predicted octanol–water partition coefficient (Wildman–Crippen LogP) is 5.68. The minimum Gasteiger partial charge on any atom is -0.372 e. The first-order valence-electron chi connectivity index (χ1n) is 11.2. The summed E-state index contributed by atoms with van der Waals surface area (Å²) >= 11 is 0. The summed E-state index contributed by atoms with van der Waals surface area (Å²) in [6, 6.07) is 10.8. The van der Waals surface area contributed by atoms with Crippen molar-refractivity contribution in [3.05, 3.63) is 70.8 Å². The van der Waals surface area contributed by atoms with Crippen LogP contribution in [0.4, 0.5) is 26.3 Å². The molecule has 0 aromatic heterocycles. The van der Waals surface area contributed by atoms with Crippen LogP contribution in [0, 0.1) is 0 Å². The maximum atomic E-state index is 13.3. The third kappa shape index (κ3) is 5.18. The van der Waals surface area contributed by atoms with Crippen LogP contribution in [0.3, 0.4) is 0 Å². The molecule has 1 N–H and O–H groups in total. The molecule has 2 saturated heterocycles. The Morgan fingerprint density at radius 1 is 1.00 bits per heavy atom. The van der Waals surface area contributed by atoms with Gasteiger partial charge in [-0.3, -0.25) is 9.69 Å². The van der Waals surface area contributed by atoms with Crippen molar-refractivity contribution in [2.75, 3.05) is 19.7 Å². The Morgan fingerprint density at radius 2 is 1.60 bits per heavy atom. The summed E-state index contributed by atoms with van der Waals surface area (Å²) in [5.74, 6) is -0.139. The number of amides is 1. The summed E-state index contributed by atoms with van der Waals surface area (Å²) in [4.78, 5) is 14.4. The second kappa shape index (κ2) is 8.81. The lowest BCUT2D eigenvalue weighted by molar-refractivity contribution is -0.143. The van der Waals surface area contributed by atoms with E-state index in [0.717, 1.165) is 5.56 Å². The Bertz CT molecular complexity index is 1060. The van der Waals surface area contributed by atoms with E-state index in [-0.39, 0.29) is 30.7 Å². The molecule has 2 aromatic rings. The van der Waals surface area contributed by atoms with Crippen molar-refractivity contribution in [2.24, 2.45) is 0 Å². The maximum absolute atomic E-state index is 13.3. The standard InChI is InChI=1S/C25H26F6N2O2/c1-16(17-10-19(24(26,27)28)12-20(11-17)25(29,30)31)35-15-23(18-6-4-3-5-7-18)9-8-22(2)14-33(23)13-21(34)32-22/h3-7,10-12,16H,8-9,13-15H2,1-2H3,(H,32,34)/t16-,22-,23-/m1/s1. The highest BCUT2D eigenvalue weighted by Crippen LogP contribution is 2.44. The first kappa shape index (κ1) is 25.5. The van der Waals surface area contributed by atoms with Gasteiger partial charge in [-0.1, -0.05) is 30.3 Å². The summed E-state index contributed by atoms with van der Waals surface area (Å²) < 4.78 is 85.9. The zero-order chi connectivity index (χ0) is 25.6. The first-order chi connectivity index (χ1) is 16.2. The Kier molecular flexibility index (Phi) is 6.42. The molecule has 10 heteroatoms. The van der Waals surface area contributed by atoms with Gasteiger partial charge in [0.2, 0.25) is 5.91 Å². The van der Waals surface area contributed by atoms with E-state index in [0.29, 0.717) is 31.5 Å². The quantitative estimate of drug-likeness (QED) is 0.537. The number of alkyl halides is 6. The molecule has 35 heavy (non-hydrogen) atoms. The largest absolute Gasteiger partial charge is 0.416 e. The monoisotopic (exact) mass is 500 g/mol. The molecule has 1 amide bonds. The van der Waals surface area contributed by atoms with Gasteiger partial charge in [0, 0.05) is 6.54 Å². The second-order valence-corrected chi connectivity index (χ2v) is 9.65. The normalized spacial score (nSPS) is 27.9. The highest BCUT2D eigenvalue weighted by atomic mass is 19.4. The van der Waals surface area contributed by atoms with E-state index in [1.165, 1.54) is 6.92 Å². The lowest BCUT2D eigenvalue weighted by Crippen LogP contribution is -2.70. The van der Waals surface area contributed by atoms with Crippen LogP contribution < -0.4 is 5.32 Å². The fourth-order valence-corrected chi connectivity index (χ4v) is 5.05. The molecule has 4 nitrogen and oxygen atoms in total. The number of carbonyl (C=O) groups excluding carboxylic acids is 1. The van der Waals surface area contributed by atoms with E-state index in [9.17, 15) is 31.1 Å². The van der Waals surface area contributed by atoms with Crippen LogP contribution in [0.15, 0.2) is 48.5 Å². The minimum atomic E-state index is -4.93. The molecule has 2 aliphatic heterocycles. The van der Waals surface area contributed by atoms with Crippen molar-refractivity contribution in [3.63, 3.8) is 0 Å². The number of hydrogen-bond acceptors (Lipinski definition) is 3. The SMILES string of the molecule is C[C@@H](OC[C@@]1(c2ccccc2)CC[C@]2(C)CN1CC(=O)N2)c1cc(C(F)(F)F)cc(C(F)(F)F)c1. The number of piperidine rings is 1. The molecule has 190 valence electrons. The fourth-order valence-electron chi connectivity index (χ4n) is 5.05. The van der Waals surface area contributed by atoms with Crippen LogP contribution in [-0.2, 0) is 27.4 Å². The Hall–Kier alpha value is -2.59. The van der Waals surface area contributed by atoms with Crippen molar-refractivity contribution in [3.8, 4) is 0 Å². The summed E-state index contributed by atoms with van der Waals surface area (Å²) in [6.07, 6.45) is -9.68. The van der Waals surface area contributed by atoms with Gasteiger partial charge in [0.1, 0.15) is 0 Å². The maximum Gasteiger partial charge on any atom is 0.416 e. The van der Waals surface area contributed by atoms with E-state index in [1.54, 1.807) is 0 Å². The summed E-state index contributed by atoms with van der Waals surface area (Å²) in [5, 5.41) is 3.01. The molecular formula is C25H26F6N2O2. The zero-order valence-corrected chi connectivity index (χ0v) is 19.3. The van der Waals surface area contributed by atoms with Gasteiger partial charge in [0.05, 0.1) is 41.5 Å². The van der Waals surface area contributed by atoms with E-state index in [2.05, 4.69) is 5.32 Å². The molecule has 0 spiro atoms. The number of carbonyl (C=O) groups is 1. The van der Waals surface area contributed by atoms with Crippen molar-refractivity contribution in [2.45, 2.75) is 56.2 Å². The lowest BCUT2D eigenvalue weighted by Gasteiger charge is -2.56. The Balaban J connectivity index is 1.66. The van der Waals surface area contributed by atoms with Gasteiger partial charge in [-0.15, -0.1) is 0 Å². The van der Waals surface area contributed by atoms with Gasteiger partial charge in [0.25, 0.3) is 0 Å². The summed E-state index contributed by atoms with van der Waals surface area (Å²) in [5.41, 5.74) is -3.26. The molecule has 2 fully saturated rings. The molecule has 2 aromatic carbocycles. The predicted molar refractivity (Wildman–Crippen MR) is 116 cm³/mol. The third-order valence-electron chi connectivity index (χ3n) is 6.97. The number of fused-ring (bicyclic) bond motifs is 2. The third-order valence-corrected chi connectivity index (χ3v) is 6.97. The van der Waals surface area contributed by atoms with E-state index >= 15 is 0 Å². The number of hydrogen-bond donors (Lipinski definition) is 1. The highest BCUT2D eigenvalue weighted by Gasteiger charge is 2.51. The van der Waals surface area contributed by atoms with Crippen LogP contribution in [-0.4, -0.2) is 36.0 Å². The number of nitrogens with one attached hydrogen (secondary N) is 1. The van der Waals surface area contributed by atoms with Crippen LogP contribution in [0.25, 0.3) is 0 Å². The number of rotatable bonds is 5. The topological polar surface area (TPSA) is 41.6 Å². The number of ether oxygens (including phenoxy) is 1. The van der Waals surface area contributed by atoms with Crippen molar-refractivity contribution < 1.29 is 35.9 Å². The highest BCUT2D eigenvalue weighted by molar-refractivity contribution is 5.80. The average Bonchev–Trinajstić information content (AvgIpc) is 2.77. The molecule has 2 aliphatic rings. The zero-order valence-electron chi connectivity index (χ0n) is 19.3. The first-order valence-corrected chi connectivity index (χ1v) is 11.2. The fraction of sp³-hybridized carbons (Fsp3) is 0.480. The van der Waals surface area contributed by atoms with E-state index in [4.69, 9.17) is 4.74 Å². The second-order valence-electron chi connectivity index (χ2n) is 9.65. The minimum absolute atomic E-state index is 0.000856. The van der Waals surface area contributed by atoms with Crippen LogP contribution >= 0.6 is 0 Å². The van der Waals surface area contributed by atoms with Gasteiger partial charge in [-0.05, 0) is 56.0 Å². The number of benzene rings is 2. The number of nitrogens with zero attached hydrogens (tertiary/aromatic N) is 1. The molecule has 0 radical (unpaired) electrons. The summed E-state index contributed by atoms with van der Waals surface area (Å²) in [7, 11) is 0. The van der Waals surface area contributed by atoms with Crippen LogP contribution in [0.5, 0.6) is 0 Å². The smallest absolute Gasteiger partial charge is 0.372 e. The molecular weight excluding hydrogens is 474 g/mol. The van der Waals surface area contributed by atoms with Crippen LogP contribution in [0.2, 0.25) is 0 Å². The Labute approximate surface area is 199 Å². The average molecular weight is 500 g/mol. The number of piperazine rings is 1. The Morgan fingerprint density at radius 3 is 2.17 bits per heavy atom. The van der Waals surface area contributed by atoms with Crippen molar-refractivity contribution >= 4 is 5.91 Å². The van der Waals surface area contributed by atoms with Gasteiger partial charge in [0.15, 0.2) is 0 Å². The molecule has 4 atom stereocenters. The molecule has 1 unspecified atom stereocenters. The van der Waals surface area contributed by atoms with E-state index in [1.807, 2.05) is 42.2 Å². The van der Waals surface area contributed by atoms with Crippen molar-refractivity contribution in [1.29, 1.82) is 0 Å². The van der Waals surface area contributed by atoms with Gasteiger partial charge in [-0.25, -0.2) is 0 Å². The lowest BCUT2D eigenvalue weighted by atomic mass is 9.74.